The van der Waals surface area contributed by atoms with Crippen molar-refractivity contribution in [3.8, 4) is 11.3 Å². The highest BCUT2D eigenvalue weighted by Gasteiger charge is 2.21. The summed E-state index contributed by atoms with van der Waals surface area (Å²) in [4.78, 5) is 21.5. The molecule has 0 radical (unpaired) electrons. The van der Waals surface area contributed by atoms with E-state index >= 15 is 0 Å². The lowest BCUT2D eigenvalue weighted by molar-refractivity contribution is -0.118. The lowest BCUT2D eigenvalue weighted by atomic mass is 9.94. The highest BCUT2D eigenvalue weighted by atomic mass is 16.2. The highest BCUT2D eigenvalue weighted by molar-refractivity contribution is 5.95. The van der Waals surface area contributed by atoms with Gasteiger partial charge in [0.2, 0.25) is 11.9 Å². The summed E-state index contributed by atoms with van der Waals surface area (Å²) < 4.78 is 0. The number of nitrogen functional groups attached to an aromatic ring is 1. The third-order valence-corrected chi connectivity index (χ3v) is 5.56. The zero-order chi connectivity index (χ0) is 23.9. The molecule has 3 aromatic carbocycles. The van der Waals surface area contributed by atoms with Gasteiger partial charge in [0, 0.05) is 28.8 Å². The van der Waals surface area contributed by atoms with Gasteiger partial charge in [0.1, 0.15) is 0 Å². The van der Waals surface area contributed by atoms with Crippen LogP contribution in [0.3, 0.4) is 0 Å². The average molecular weight is 453 g/mol. The molecule has 7 nitrogen and oxygen atoms in total. The lowest BCUT2D eigenvalue weighted by Crippen LogP contribution is -2.41. The number of nitrogens with one attached hydrogen (secondary N) is 2. The van der Waals surface area contributed by atoms with E-state index in [1.165, 1.54) is 0 Å². The van der Waals surface area contributed by atoms with Gasteiger partial charge in [0.05, 0.1) is 11.7 Å². The van der Waals surface area contributed by atoms with E-state index in [-0.39, 0.29) is 11.8 Å². The van der Waals surface area contributed by atoms with Gasteiger partial charge in [-0.15, -0.1) is 0 Å². The second-order valence-corrected chi connectivity index (χ2v) is 8.28. The van der Waals surface area contributed by atoms with Crippen LogP contribution in [0.25, 0.3) is 11.3 Å². The summed E-state index contributed by atoms with van der Waals surface area (Å²) in [5.74, 6) is 0.277. The number of hydrogen-bond donors (Lipinski definition) is 4. The third-order valence-electron chi connectivity index (χ3n) is 5.56. The van der Waals surface area contributed by atoms with Crippen molar-refractivity contribution in [2.45, 2.75) is 19.4 Å². The molecule has 1 aromatic heterocycles. The Hall–Kier alpha value is -4.23. The summed E-state index contributed by atoms with van der Waals surface area (Å²) in [5, 5.41) is 6.08. The summed E-state index contributed by atoms with van der Waals surface area (Å²) in [6.07, 6.45) is 2.44. The van der Waals surface area contributed by atoms with E-state index in [4.69, 9.17) is 11.5 Å². The lowest BCUT2D eigenvalue weighted by Gasteiger charge is -2.19. The van der Waals surface area contributed by atoms with Crippen LogP contribution in [0.15, 0.2) is 91.1 Å². The molecule has 0 fully saturated rings. The Bertz CT molecular complexity index is 1240. The maximum absolute atomic E-state index is 12.7. The van der Waals surface area contributed by atoms with Crippen molar-refractivity contribution in [1.29, 1.82) is 0 Å². The van der Waals surface area contributed by atoms with E-state index in [9.17, 15) is 4.79 Å². The predicted octanol–water partition coefficient (Wildman–Crippen LogP) is 4.61. The quantitative estimate of drug-likeness (QED) is 0.290. The molecule has 1 heterocycles. The number of carbonyl (C=O) groups is 1. The first-order valence-corrected chi connectivity index (χ1v) is 11.1. The molecule has 34 heavy (non-hydrogen) atoms. The fourth-order valence-electron chi connectivity index (χ4n) is 3.65. The van der Waals surface area contributed by atoms with E-state index in [1.807, 2.05) is 91.9 Å². The normalized spacial score (nSPS) is 12.5. The van der Waals surface area contributed by atoms with Crippen LogP contribution in [0.1, 0.15) is 12.5 Å². The molecule has 6 N–H and O–H groups in total. The molecule has 4 aromatic rings. The number of carbonyl (C=O) groups excluding carboxylic acids is 1. The minimum Gasteiger partial charge on any atom is -0.399 e. The smallest absolute Gasteiger partial charge is 0.241 e. The molecule has 1 amide bonds. The maximum Gasteiger partial charge on any atom is 0.241 e. The Labute approximate surface area is 199 Å². The second-order valence-electron chi connectivity index (χ2n) is 8.28. The summed E-state index contributed by atoms with van der Waals surface area (Å²) in [5.41, 5.74) is 17.0. The Kier molecular flexibility index (Phi) is 7.15. The average Bonchev–Trinajstić information content (AvgIpc) is 2.85. The molecule has 0 spiro atoms. The standard InChI is InChI=1S/C27H28N6O/c1-18(16-19-6-3-2-4-7-19)25(29)26(34)31-22-12-10-20(11-13-22)24-14-15-30-27(33-24)32-23-9-5-8-21(28)17-23/h2-15,17-18,25H,16,28-29H2,1H3,(H,31,34)(H,30,32,33)/t18-,25?/m0/s1. The van der Waals surface area contributed by atoms with E-state index < -0.39 is 6.04 Å². The van der Waals surface area contributed by atoms with E-state index in [1.54, 1.807) is 6.20 Å². The molecule has 0 aliphatic carbocycles. The van der Waals surface area contributed by atoms with Crippen molar-refractivity contribution in [3.05, 3.63) is 96.7 Å². The number of nitrogens with zero attached hydrogens (tertiary/aromatic N) is 2. The van der Waals surface area contributed by atoms with Gasteiger partial charge in [-0.2, -0.15) is 0 Å². The fraction of sp³-hybridized carbons (Fsp3) is 0.148. The molecule has 7 heteroatoms. The SMILES string of the molecule is C[C@@H](Cc1ccccc1)C(N)C(=O)Nc1ccc(-c2ccnc(Nc3cccc(N)c3)n2)cc1. The molecule has 0 aliphatic heterocycles. The van der Waals surface area contributed by atoms with Gasteiger partial charge in [-0.3, -0.25) is 4.79 Å². The van der Waals surface area contributed by atoms with Gasteiger partial charge < -0.3 is 22.1 Å². The first-order chi connectivity index (χ1) is 16.5. The molecular formula is C27H28N6O. The summed E-state index contributed by atoms with van der Waals surface area (Å²) in [6, 6.07) is 26.2. The van der Waals surface area contributed by atoms with Crippen molar-refractivity contribution in [2.75, 3.05) is 16.4 Å². The van der Waals surface area contributed by atoms with E-state index in [0.717, 1.165) is 28.9 Å². The van der Waals surface area contributed by atoms with Crippen molar-refractivity contribution in [3.63, 3.8) is 0 Å². The summed E-state index contributed by atoms with van der Waals surface area (Å²) >= 11 is 0. The van der Waals surface area contributed by atoms with Gasteiger partial charge in [0.25, 0.3) is 0 Å². The number of rotatable bonds is 8. The summed E-state index contributed by atoms with van der Waals surface area (Å²) in [6.45, 7) is 1.99. The zero-order valence-electron chi connectivity index (χ0n) is 19.0. The van der Waals surface area contributed by atoms with E-state index in [2.05, 4.69) is 20.6 Å². The molecule has 1 unspecified atom stereocenters. The first-order valence-electron chi connectivity index (χ1n) is 11.1. The number of anilines is 4. The number of amides is 1. The topological polar surface area (TPSA) is 119 Å². The molecule has 0 saturated carbocycles. The third kappa shape index (κ3) is 5.96. The number of aromatic nitrogens is 2. The minimum atomic E-state index is -0.609. The van der Waals surface area contributed by atoms with Crippen LogP contribution < -0.4 is 22.1 Å². The first kappa shape index (κ1) is 22.9. The number of hydrogen-bond acceptors (Lipinski definition) is 6. The van der Waals surface area contributed by atoms with Gasteiger partial charge in [-0.1, -0.05) is 55.5 Å². The Morgan fingerprint density at radius 3 is 2.44 bits per heavy atom. The number of nitrogens with two attached hydrogens (primary N) is 2. The van der Waals surface area contributed by atoms with Crippen LogP contribution in [0.2, 0.25) is 0 Å². The highest BCUT2D eigenvalue weighted by Crippen LogP contribution is 2.22. The Balaban J connectivity index is 1.38. The van der Waals surface area contributed by atoms with Crippen LogP contribution in [-0.4, -0.2) is 21.9 Å². The van der Waals surface area contributed by atoms with Crippen molar-refractivity contribution in [2.24, 2.45) is 11.7 Å². The van der Waals surface area contributed by atoms with Gasteiger partial charge in [-0.25, -0.2) is 9.97 Å². The molecule has 172 valence electrons. The fourth-order valence-corrected chi connectivity index (χ4v) is 3.65. The maximum atomic E-state index is 12.7. The van der Waals surface area contributed by atoms with E-state index in [0.29, 0.717) is 17.3 Å². The number of benzene rings is 3. The zero-order valence-corrected chi connectivity index (χ0v) is 19.0. The van der Waals surface area contributed by atoms with Crippen LogP contribution in [0, 0.1) is 5.92 Å². The molecule has 0 bridgehead atoms. The largest absolute Gasteiger partial charge is 0.399 e. The van der Waals surface area contributed by atoms with Crippen LogP contribution in [0.4, 0.5) is 23.0 Å². The van der Waals surface area contributed by atoms with Crippen molar-refractivity contribution in [1.82, 2.24) is 9.97 Å². The second kappa shape index (κ2) is 10.6. The molecule has 4 rings (SSSR count). The Morgan fingerprint density at radius 2 is 1.71 bits per heavy atom. The molecule has 0 aliphatic rings. The van der Waals surface area contributed by atoms with Gasteiger partial charge in [-0.05, 0) is 54.3 Å². The summed E-state index contributed by atoms with van der Waals surface area (Å²) in [7, 11) is 0. The molecular weight excluding hydrogens is 424 g/mol. The van der Waals surface area contributed by atoms with Crippen LogP contribution >= 0.6 is 0 Å². The van der Waals surface area contributed by atoms with Crippen molar-refractivity contribution < 1.29 is 4.79 Å². The minimum absolute atomic E-state index is 0.00794. The monoisotopic (exact) mass is 452 g/mol. The van der Waals surface area contributed by atoms with Crippen LogP contribution in [0.5, 0.6) is 0 Å². The van der Waals surface area contributed by atoms with Crippen LogP contribution in [-0.2, 0) is 11.2 Å². The molecule has 2 atom stereocenters. The Morgan fingerprint density at radius 1 is 0.941 bits per heavy atom. The predicted molar refractivity (Wildman–Crippen MR) is 138 cm³/mol. The molecule has 0 saturated heterocycles. The van der Waals surface area contributed by atoms with Crippen molar-refractivity contribution >= 4 is 28.9 Å². The van der Waals surface area contributed by atoms with Gasteiger partial charge >= 0.3 is 0 Å². The van der Waals surface area contributed by atoms with Gasteiger partial charge in [0.15, 0.2) is 0 Å².